The Kier molecular flexibility index (Phi) is 3.21. The zero-order valence-corrected chi connectivity index (χ0v) is 10.9. The highest BCUT2D eigenvalue weighted by atomic mass is 16.6. The molecule has 2 rings (SSSR count). The van der Waals surface area contributed by atoms with Gasteiger partial charge in [-0.05, 0) is 20.8 Å². The molecule has 1 N–H and O–H groups in total. The molecule has 1 aliphatic heterocycles. The van der Waals surface area contributed by atoms with Crippen LogP contribution in [-0.2, 0) is 0 Å². The lowest BCUT2D eigenvalue weighted by Crippen LogP contribution is -2.58. The minimum Gasteiger partial charge on any atom is -0.349 e. The van der Waals surface area contributed by atoms with Crippen molar-refractivity contribution in [3.8, 4) is 0 Å². The molecule has 0 spiro atoms. The smallest absolute Gasteiger partial charge is 0.277 e. The van der Waals surface area contributed by atoms with Gasteiger partial charge in [-0.25, -0.2) is 4.98 Å². The summed E-state index contributed by atoms with van der Waals surface area (Å²) in [5.74, 6) is 0.679. The molecule has 98 valence electrons. The lowest BCUT2D eigenvalue weighted by atomic mass is 10.00. The predicted octanol–water partition coefficient (Wildman–Crippen LogP) is 1.49. The number of piperazine rings is 1. The van der Waals surface area contributed by atoms with E-state index in [1.165, 1.54) is 0 Å². The summed E-state index contributed by atoms with van der Waals surface area (Å²) in [6.07, 6.45) is 1.57. The molecule has 1 aromatic rings. The molecule has 0 saturated carbocycles. The Morgan fingerprint density at radius 1 is 1.56 bits per heavy atom. The summed E-state index contributed by atoms with van der Waals surface area (Å²) in [7, 11) is 0. The summed E-state index contributed by atoms with van der Waals surface area (Å²) < 4.78 is 0. The van der Waals surface area contributed by atoms with Gasteiger partial charge < -0.3 is 10.2 Å². The van der Waals surface area contributed by atoms with Crippen LogP contribution in [0.4, 0.5) is 11.5 Å². The SMILES string of the molecule is Cc1cnc(N2CCNCC2(C)C)cc1[N+](=O)[O-]. The van der Waals surface area contributed by atoms with Crippen LogP contribution in [0.3, 0.4) is 0 Å². The fourth-order valence-electron chi connectivity index (χ4n) is 2.25. The Bertz CT molecular complexity index is 473. The van der Waals surface area contributed by atoms with E-state index in [9.17, 15) is 10.1 Å². The van der Waals surface area contributed by atoms with E-state index in [2.05, 4.69) is 29.0 Å². The van der Waals surface area contributed by atoms with Gasteiger partial charge in [-0.2, -0.15) is 0 Å². The Morgan fingerprint density at radius 2 is 2.28 bits per heavy atom. The number of rotatable bonds is 2. The van der Waals surface area contributed by atoms with E-state index < -0.39 is 0 Å². The summed E-state index contributed by atoms with van der Waals surface area (Å²) >= 11 is 0. The van der Waals surface area contributed by atoms with Crippen LogP contribution in [-0.4, -0.2) is 35.1 Å². The van der Waals surface area contributed by atoms with E-state index in [0.29, 0.717) is 11.4 Å². The maximum atomic E-state index is 11.0. The van der Waals surface area contributed by atoms with Crippen LogP contribution in [0.1, 0.15) is 19.4 Å². The van der Waals surface area contributed by atoms with Gasteiger partial charge >= 0.3 is 0 Å². The lowest BCUT2D eigenvalue weighted by molar-refractivity contribution is -0.385. The van der Waals surface area contributed by atoms with Crippen molar-refractivity contribution in [2.75, 3.05) is 24.5 Å². The van der Waals surface area contributed by atoms with Gasteiger partial charge in [-0.3, -0.25) is 10.1 Å². The molecule has 6 heteroatoms. The van der Waals surface area contributed by atoms with E-state index in [1.807, 2.05) is 0 Å². The first-order valence-corrected chi connectivity index (χ1v) is 6.01. The molecule has 2 heterocycles. The zero-order valence-electron chi connectivity index (χ0n) is 10.9. The summed E-state index contributed by atoms with van der Waals surface area (Å²) in [4.78, 5) is 17.1. The van der Waals surface area contributed by atoms with E-state index in [1.54, 1.807) is 19.2 Å². The highest BCUT2D eigenvalue weighted by Crippen LogP contribution is 2.28. The van der Waals surface area contributed by atoms with E-state index in [0.717, 1.165) is 19.6 Å². The zero-order chi connectivity index (χ0) is 13.3. The van der Waals surface area contributed by atoms with Gasteiger partial charge in [-0.15, -0.1) is 0 Å². The van der Waals surface area contributed by atoms with E-state index >= 15 is 0 Å². The average molecular weight is 250 g/mol. The second-order valence-corrected chi connectivity index (χ2v) is 5.23. The summed E-state index contributed by atoms with van der Waals surface area (Å²) in [6.45, 7) is 8.43. The highest BCUT2D eigenvalue weighted by Gasteiger charge is 2.31. The topological polar surface area (TPSA) is 71.3 Å². The van der Waals surface area contributed by atoms with Crippen molar-refractivity contribution in [3.63, 3.8) is 0 Å². The Labute approximate surface area is 106 Å². The number of nitrogens with zero attached hydrogens (tertiary/aromatic N) is 3. The molecule has 1 aliphatic rings. The molecule has 18 heavy (non-hydrogen) atoms. The number of anilines is 1. The molecule has 0 aromatic carbocycles. The average Bonchev–Trinajstić information content (AvgIpc) is 2.29. The molecular weight excluding hydrogens is 232 g/mol. The largest absolute Gasteiger partial charge is 0.349 e. The number of nitrogens with one attached hydrogen (secondary N) is 1. The van der Waals surface area contributed by atoms with Gasteiger partial charge in [0.2, 0.25) is 0 Å². The van der Waals surface area contributed by atoms with Gasteiger partial charge in [0, 0.05) is 36.9 Å². The molecule has 1 aromatic heterocycles. The van der Waals surface area contributed by atoms with Crippen LogP contribution in [0.2, 0.25) is 0 Å². The molecule has 0 unspecified atom stereocenters. The van der Waals surface area contributed by atoms with Gasteiger partial charge in [0.15, 0.2) is 0 Å². The van der Waals surface area contributed by atoms with Gasteiger partial charge in [-0.1, -0.05) is 0 Å². The molecule has 1 fully saturated rings. The van der Waals surface area contributed by atoms with Crippen molar-refractivity contribution in [1.82, 2.24) is 10.3 Å². The third-order valence-corrected chi connectivity index (χ3v) is 3.33. The number of hydrogen-bond donors (Lipinski definition) is 1. The Hall–Kier alpha value is -1.69. The van der Waals surface area contributed by atoms with Crippen LogP contribution >= 0.6 is 0 Å². The van der Waals surface area contributed by atoms with Crippen LogP contribution in [0.25, 0.3) is 0 Å². The predicted molar refractivity (Wildman–Crippen MR) is 69.9 cm³/mol. The Balaban J connectivity index is 2.38. The molecule has 1 saturated heterocycles. The first-order chi connectivity index (χ1) is 8.42. The second-order valence-electron chi connectivity index (χ2n) is 5.23. The maximum absolute atomic E-state index is 11.0. The van der Waals surface area contributed by atoms with Crippen molar-refractivity contribution in [1.29, 1.82) is 0 Å². The summed E-state index contributed by atoms with van der Waals surface area (Å²) in [6, 6.07) is 1.57. The highest BCUT2D eigenvalue weighted by molar-refractivity contribution is 5.52. The normalized spacial score (nSPS) is 18.7. The molecule has 6 nitrogen and oxygen atoms in total. The van der Waals surface area contributed by atoms with Gasteiger partial charge in [0.1, 0.15) is 5.82 Å². The first-order valence-electron chi connectivity index (χ1n) is 6.01. The maximum Gasteiger partial charge on any atom is 0.277 e. The molecule has 0 radical (unpaired) electrons. The van der Waals surface area contributed by atoms with Crippen molar-refractivity contribution >= 4 is 11.5 Å². The minimum absolute atomic E-state index is 0.0889. The second kappa shape index (κ2) is 4.53. The number of hydrogen-bond acceptors (Lipinski definition) is 5. The van der Waals surface area contributed by atoms with Gasteiger partial charge in [0.25, 0.3) is 5.69 Å². The van der Waals surface area contributed by atoms with E-state index in [-0.39, 0.29) is 16.1 Å². The lowest BCUT2D eigenvalue weighted by Gasteiger charge is -2.43. The number of pyridine rings is 1. The van der Waals surface area contributed by atoms with E-state index in [4.69, 9.17) is 0 Å². The summed E-state index contributed by atoms with van der Waals surface area (Å²) in [5, 5.41) is 14.3. The fraction of sp³-hybridized carbons (Fsp3) is 0.583. The monoisotopic (exact) mass is 250 g/mol. The van der Waals surface area contributed by atoms with Crippen LogP contribution in [0, 0.1) is 17.0 Å². The van der Waals surface area contributed by atoms with Gasteiger partial charge in [0.05, 0.1) is 11.0 Å². The first kappa shape index (κ1) is 12.8. The van der Waals surface area contributed by atoms with Crippen LogP contribution in [0.5, 0.6) is 0 Å². The number of aromatic nitrogens is 1. The van der Waals surface area contributed by atoms with Crippen molar-refractivity contribution in [3.05, 3.63) is 27.9 Å². The number of aryl methyl sites for hydroxylation is 1. The Morgan fingerprint density at radius 3 is 2.89 bits per heavy atom. The fourth-order valence-corrected chi connectivity index (χ4v) is 2.25. The quantitative estimate of drug-likeness (QED) is 0.636. The van der Waals surface area contributed by atoms with Crippen LogP contribution < -0.4 is 10.2 Å². The molecular formula is C12H18N4O2. The molecule has 0 aliphatic carbocycles. The molecule has 0 atom stereocenters. The van der Waals surface area contributed by atoms with Crippen LogP contribution in [0.15, 0.2) is 12.3 Å². The summed E-state index contributed by atoms with van der Waals surface area (Å²) in [5.41, 5.74) is 0.639. The van der Waals surface area contributed by atoms with Crippen molar-refractivity contribution in [2.45, 2.75) is 26.3 Å². The standard InChI is InChI=1S/C12H18N4O2/c1-9-7-14-11(6-10(9)16(17)18)15-5-4-13-8-12(15,2)3/h6-7,13H,4-5,8H2,1-3H3. The van der Waals surface area contributed by atoms with Crippen molar-refractivity contribution < 1.29 is 4.92 Å². The van der Waals surface area contributed by atoms with Crippen molar-refractivity contribution in [2.24, 2.45) is 0 Å². The minimum atomic E-state index is -0.351. The third-order valence-electron chi connectivity index (χ3n) is 3.33. The molecule has 0 bridgehead atoms. The number of nitro groups is 1. The molecule has 0 amide bonds. The third kappa shape index (κ3) is 2.28.